The lowest BCUT2D eigenvalue weighted by molar-refractivity contribution is -0.126. The van der Waals surface area contributed by atoms with Crippen LogP contribution in [0, 0.1) is 0 Å². The Bertz CT molecular complexity index is 182. The highest BCUT2D eigenvalue weighted by Crippen LogP contribution is 2.00. The smallest absolute Gasteiger partial charge is 0.246 e. The Morgan fingerprint density at radius 1 is 1.53 bits per heavy atom. The Morgan fingerprint density at radius 3 is 3.07 bits per heavy atom. The summed E-state index contributed by atoms with van der Waals surface area (Å²) in [5.74, 6) is -0.0418. The second-order valence-electron chi connectivity index (χ2n) is 3.66. The summed E-state index contributed by atoms with van der Waals surface area (Å²) in [4.78, 5) is 11.4. The normalized spacial score (nSPS) is 21.3. The molecule has 0 bridgehead atoms. The summed E-state index contributed by atoms with van der Waals surface area (Å²) in [5.41, 5.74) is 0. The van der Waals surface area contributed by atoms with Crippen molar-refractivity contribution in [3.05, 3.63) is 0 Å². The lowest BCUT2D eigenvalue weighted by Crippen LogP contribution is -2.46. The average molecular weight is 216 g/mol. The van der Waals surface area contributed by atoms with E-state index in [4.69, 9.17) is 9.47 Å². The minimum absolute atomic E-state index is 0.0418. The number of ether oxygens (including phenoxy) is 2. The van der Waals surface area contributed by atoms with E-state index < -0.39 is 0 Å². The number of amides is 1. The Morgan fingerprint density at radius 2 is 2.40 bits per heavy atom. The van der Waals surface area contributed by atoms with Gasteiger partial charge < -0.3 is 20.1 Å². The van der Waals surface area contributed by atoms with Crippen molar-refractivity contribution in [3.63, 3.8) is 0 Å². The first-order chi connectivity index (χ1) is 7.33. The van der Waals surface area contributed by atoms with Crippen molar-refractivity contribution in [2.75, 3.05) is 40.0 Å². The second kappa shape index (κ2) is 7.62. The zero-order valence-corrected chi connectivity index (χ0v) is 9.25. The van der Waals surface area contributed by atoms with E-state index in [1.54, 1.807) is 7.11 Å². The maximum atomic E-state index is 11.4. The maximum absolute atomic E-state index is 11.4. The van der Waals surface area contributed by atoms with Crippen molar-refractivity contribution >= 4 is 5.91 Å². The quantitative estimate of drug-likeness (QED) is 0.589. The van der Waals surface area contributed by atoms with E-state index in [2.05, 4.69) is 10.6 Å². The molecule has 1 amide bonds. The molecule has 2 N–H and O–H groups in total. The molecule has 1 saturated heterocycles. The third kappa shape index (κ3) is 5.71. The summed E-state index contributed by atoms with van der Waals surface area (Å²) in [7, 11) is 1.61. The van der Waals surface area contributed by atoms with Crippen LogP contribution in [-0.4, -0.2) is 52.0 Å². The third-order valence-corrected chi connectivity index (χ3v) is 2.33. The van der Waals surface area contributed by atoms with Crippen LogP contribution in [0.25, 0.3) is 0 Å². The Balaban J connectivity index is 2.01. The molecule has 0 aromatic heterocycles. The van der Waals surface area contributed by atoms with Crippen LogP contribution < -0.4 is 10.6 Å². The minimum Gasteiger partial charge on any atom is -0.382 e. The predicted molar refractivity (Wildman–Crippen MR) is 56.7 cm³/mol. The highest BCUT2D eigenvalue weighted by molar-refractivity contribution is 5.77. The van der Waals surface area contributed by atoms with Crippen LogP contribution in [0.4, 0.5) is 0 Å². The van der Waals surface area contributed by atoms with Gasteiger partial charge in [0.05, 0.1) is 13.2 Å². The Hall–Kier alpha value is -0.650. The summed E-state index contributed by atoms with van der Waals surface area (Å²) < 4.78 is 9.93. The number of methoxy groups -OCH3 is 1. The summed E-state index contributed by atoms with van der Waals surface area (Å²) >= 11 is 0. The third-order valence-electron chi connectivity index (χ3n) is 2.33. The molecule has 1 aliphatic heterocycles. The number of carbonyl (C=O) groups is 1. The highest BCUT2D eigenvalue weighted by Gasteiger charge is 2.14. The Kier molecular flexibility index (Phi) is 6.31. The summed E-state index contributed by atoms with van der Waals surface area (Å²) in [5, 5.41) is 6.17. The van der Waals surface area contributed by atoms with Crippen molar-refractivity contribution in [2.24, 2.45) is 0 Å². The molecule has 0 radical (unpaired) electrons. The number of rotatable bonds is 6. The van der Waals surface area contributed by atoms with E-state index in [1.165, 1.54) is 0 Å². The number of hydrogen-bond donors (Lipinski definition) is 2. The van der Waals surface area contributed by atoms with Crippen LogP contribution in [0.3, 0.4) is 0 Å². The van der Waals surface area contributed by atoms with Crippen LogP contribution in [0.5, 0.6) is 0 Å². The van der Waals surface area contributed by atoms with Gasteiger partial charge in [0.2, 0.25) is 5.91 Å². The fourth-order valence-electron chi connectivity index (χ4n) is 1.55. The van der Waals surface area contributed by atoms with Crippen molar-refractivity contribution in [2.45, 2.75) is 18.9 Å². The van der Waals surface area contributed by atoms with Crippen LogP contribution in [0.1, 0.15) is 12.8 Å². The summed E-state index contributed by atoms with van der Waals surface area (Å²) in [6.07, 6.45) is 2.17. The zero-order valence-electron chi connectivity index (χ0n) is 9.25. The fourth-order valence-corrected chi connectivity index (χ4v) is 1.55. The van der Waals surface area contributed by atoms with Crippen molar-refractivity contribution < 1.29 is 14.3 Å². The lowest BCUT2D eigenvalue weighted by atomic mass is 10.1. The molecule has 1 heterocycles. The van der Waals surface area contributed by atoms with Gasteiger partial charge in [-0.3, -0.25) is 4.79 Å². The van der Waals surface area contributed by atoms with Crippen LogP contribution >= 0.6 is 0 Å². The molecule has 1 unspecified atom stereocenters. The average Bonchev–Trinajstić information content (AvgIpc) is 2.26. The van der Waals surface area contributed by atoms with Gasteiger partial charge in [-0.2, -0.15) is 0 Å². The van der Waals surface area contributed by atoms with Crippen LogP contribution in [0.15, 0.2) is 0 Å². The number of carbonyl (C=O) groups excluding carboxylic acids is 1. The molecule has 0 saturated carbocycles. The molecule has 0 aliphatic carbocycles. The molecule has 5 heteroatoms. The minimum atomic E-state index is -0.0418. The van der Waals surface area contributed by atoms with E-state index >= 15 is 0 Å². The molecule has 88 valence electrons. The fraction of sp³-hybridized carbons (Fsp3) is 0.900. The molecule has 15 heavy (non-hydrogen) atoms. The number of hydrogen-bond acceptors (Lipinski definition) is 4. The van der Waals surface area contributed by atoms with Gasteiger partial charge in [-0.05, 0) is 19.4 Å². The van der Waals surface area contributed by atoms with Gasteiger partial charge >= 0.3 is 0 Å². The molecule has 1 fully saturated rings. The van der Waals surface area contributed by atoms with Gasteiger partial charge in [-0.15, -0.1) is 0 Å². The topological polar surface area (TPSA) is 59.6 Å². The molecule has 1 atom stereocenters. The van der Waals surface area contributed by atoms with Gasteiger partial charge in [0.25, 0.3) is 0 Å². The molecule has 0 spiro atoms. The van der Waals surface area contributed by atoms with Gasteiger partial charge in [0, 0.05) is 19.7 Å². The maximum Gasteiger partial charge on any atom is 0.246 e. The summed E-state index contributed by atoms with van der Waals surface area (Å²) in [6.45, 7) is 3.03. The zero-order chi connectivity index (χ0) is 10.9. The van der Waals surface area contributed by atoms with E-state index in [0.717, 1.165) is 25.9 Å². The van der Waals surface area contributed by atoms with E-state index in [0.29, 0.717) is 13.2 Å². The van der Waals surface area contributed by atoms with Crippen LogP contribution in [-0.2, 0) is 14.3 Å². The van der Waals surface area contributed by atoms with Crippen molar-refractivity contribution in [1.29, 1.82) is 0 Å². The van der Waals surface area contributed by atoms with Crippen molar-refractivity contribution in [3.8, 4) is 0 Å². The Labute approximate surface area is 90.5 Å². The first kappa shape index (κ1) is 12.4. The second-order valence-corrected chi connectivity index (χ2v) is 3.66. The molecular formula is C10H20N2O3. The largest absolute Gasteiger partial charge is 0.382 e. The van der Waals surface area contributed by atoms with E-state index in [1.807, 2.05) is 0 Å². The number of piperidine rings is 1. The molecule has 1 aliphatic rings. The van der Waals surface area contributed by atoms with Crippen LogP contribution in [0.2, 0.25) is 0 Å². The van der Waals surface area contributed by atoms with Gasteiger partial charge in [0.1, 0.15) is 6.61 Å². The predicted octanol–water partition coefficient (Wildman–Crippen LogP) is -0.482. The van der Waals surface area contributed by atoms with Gasteiger partial charge in [0.15, 0.2) is 0 Å². The van der Waals surface area contributed by atoms with Crippen molar-refractivity contribution in [1.82, 2.24) is 10.6 Å². The monoisotopic (exact) mass is 216 g/mol. The first-order valence-corrected chi connectivity index (χ1v) is 5.39. The molecule has 0 aromatic rings. The highest BCUT2D eigenvalue weighted by atomic mass is 16.5. The molecular weight excluding hydrogens is 196 g/mol. The lowest BCUT2D eigenvalue weighted by Gasteiger charge is -2.23. The summed E-state index contributed by atoms with van der Waals surface area (Å²) in [6, 6.07) is 0.261. The van der Waals surface area contributed by atoms with E-state index in [-0.39, 0.29) is 18.6 Å². The molecule has 1 rings (SSSR count). The SMILES string of the molecule is COCCOCC(=O)NC1CCCNC1. The van der Waals surface area contributed by atoms with Gasteiger partial charge in [-0.1, -0.05) is 0 Å². The van der Waals surface area contributed by atoms with Gasteiger partial charge in [-0.25, -0.2) is 0 Å². The standard InChI is InChI=1S/C10H20N2O3/c1-14-5-6-15-8-10(13)12-9-3-2-4-11-7-9/h9,11H,2-8H2,1H3,(H,12,13). The molecule has 0 aromatic carbocycles. The first-order valence-electron chi connectivity index (χ1n) is 5.39. The number of nitrogens with one attached hydrogen (secondary N) is 2. The van der Waals surface area contributed by atoms with E-state index in [9.17, 15) is 4.79 Å². The molecule has 5 nitrogen and oxygen atoms in total.